The van der Waals surface area contributed by atoms with Crippen LogP contribution in [0.3, 0.4) is 0 Å². The second kappa shape index (κ2) is 10.5. The zero-order valence-corrected chi connectivity index (χ0v) is 22.5. The lowest BCUT2D eigenvalue weighted by Crippen LogP contribution is -2.66. The van der Waals surface area contributed by atoms with Gasteiger partial charge >= 0.3 is 6.16 Å². The van der Waals surface area contributed by atoms with Crippen LogP contribution in [0, 0.1) is 10.3 Å². The Balaban J connectivity index is 1.57. The van der Waals surface area contributed by atoms with Gasteiger partial charge in [0.1, 0.15) is 12.0 Å². The summed E-state index contributed by atoms with van der Waals surface area (Å²) in [7, 11) is 1.19. The highest BCUT2D eigenvalue weighted by molar-refractivity contribution is 7.98. The van der Waals surface area contributed by atoms with Crippen LogP contribution in [0.5, 0.6) is 5.75 Å². The lowest BCUT2D eigenvalue weighted by atomic mass is 9.93. The number of pyridine rings is 1. The van der Waals surface area contributed by atoms with E-state index in [1.807, 2.05) is 35.3 Å². The molecule has 12 heteroatoms. The Bertz CT molecular complexity index is 1520. The van der Waals surface area contributed by atoms with Gasteiger partial charge in [0, 0.05) is 29.0 Å². The largest absolute Gasteiger partial charge is 0.510 e. The minimum Gasteiger partial charge on any atom is -0.453 e. The van der Waals surface area contributed by atoms with Gasteiger partial charge in [0.25, 0.3) is 5.91 Å². The molecule has 0 bridgehead atoms. The highest BCUT2D eigenvalue weighted by Gasteiger charge is 2.46. The number of benzene rings is 2. The molecule has 9 nitrogen and oxygen atoms in total. The van der Waals surface area contributed by atoms with E-state index in [2.05, 4.69) is 4.74 Å². The molecule has 0 unspecified atom stereocenters. The van der Waals surface area contributed by atoms with Crippen LogP contribution in [0.2, 0.25) is 0 Å². The van der Waals surface area contributed by atoms with Gasteiger partial charge in [-0.1, -0.05) is 42.5 Å². The summed E-state index contributed by atoms with van der Waals surface area (Å²) in [5.41, 5.74) is 2.56. The number of rotatable bonds is 4. The van der Waals surface area contributed by atoms with Crippen molar-refractivity contribution >= 4 is 36.0 Å². The molecular weight excluding hydrogens is 545 g/mol. The van der Waals surface area contributed by atoms with Crippen molar-refractivity contribution in [2.24, 2.45) is 0 Å². The number of nitrogens with zero attached hydrogens (tertiary/aromatic N) is 3. The monoisotopic (exact) mass is 569 g/mol. The number of amides is 1. The van der Waals surface area contributed by atoms with Crippen LogP contribution in [0.4, 0.5) is 9.18 Å². The van der Waals surface area contributed by atoms with Gasteiger partial charge in [0.2, 0.25) is 6.79 Å². The summed E-state index contributed by atoms with van der Waals surface area (Å²) >= 11 is 7.11. The molecule has 39 heavy (non-hydrogen) atoms. The molecule has 1 saturated heterocycles. The van der Waals surface area contributed by atoms with E-state index in [1.165, 1.54) is 13.2 Å². The van der Waals surface area contributed by atoms with Crippen molar-refractivity contribution in [3.8, 4) is 5.75 Å². The molecule has 1 amide bonds. The lowest BCUT2D eigenvalue weighted by molar-refractivity contribution is -0.0208. The van der Waals surface area contributed by atoms with Crippen molar-refractivity contribution in [3.05, 3.63) is 87.4 Å². The fourth-order valence-corrected chi connectivity index (χ4v) is 6.62. The topological polar surface area (TPSA) is 82.5 Å². The van der Waals surface area contributed by atoms with E-state index in [0.717, 1.165) is 16.0 Å². The van der Waals surface area contributed by atoms with Crippen LogP contribution in [0.15, 0.2) is 59.6 Å². The number of morpholine rings is 1. The van der Waals surface area contributed by atoms with Gasteiger partial charge in [-0.3, -0.25) is 14.5 Å². The predicted octanol–water partition coefficient (Wildman–Crippen LogP) is 4.62. The summed E-state index contributed by atoms with van der Waals surface area (Å²) in [6, 6.07) is 14.3. The second-order valence-corrected chi connectivity index (χ2v) is 10.5. The van der Waals surface area contributed by atoms with Gasteiger partial charge in [-0.05, 0) is 29.3 Å². The minimum absolute atomic E-state index is 0.104. The van der Waals surface area contributed by atoms with Gasteiger partial charge < -0.3 is 23.8 Å². The van der Waals surface area contributed by atoms with Gasteiger partial charge in [0.05, 0.1) is 30.9 Å². The van der Waals surface area contributed by atoms with Crippen molar-refractivity contribution < 1.29 is 32.9 Å². The first kappa shape index (κ1) is 25.7. The number of fused-ring (bicyclic) bond motifs is 4. The molecular formula is C27H24FN3O6S2. The van der Waals surface area contributed by atoms with Crippen LogP contribution in [-0.2, 0) is 20.0 Å². The van der Waals surface area contributed by atoms with Gasteiger partial charge in [-0.25, -0.2) is 9.18 Å². The summed E-state index contributed by atoms with van der Waals surface area (Å²) in [6.07, 6.45) is 0.303. The standard InChI is InChI=1S/C27H24FN3O6S2/c1-34-27(33)37-15-36-25-20(38)9-10-30-24(25)26(32)29-11-12-35-13-22(29)31(30)23-16-6-4-7-19(28)18(16)14-39-21-8-3-2-5-17(21)23/h2-10,22-23H,11-15H2,1H3/t22-,23+/m1/s1. The third-order valence-corrected chi connectivity index (χ3v) is 8.44. The summed E-state index contributed by atoms with van der Waals surface area (Å²) in [6.45, 7) is 0.475. The maximum Gasteiger partial charge on any atom is 0.510 e. The molecule has 1 fully saturated rings. The van der Waals surface area contributed by atoms with E-state index in [9.17, 15) is 9.59 Å². The average molecular weight is 570 g/mol. The molecule has 3 aliphatic heterocycles. The number of halogens is 1. The molecule has 0 spiro atoms. The molecule has 3 aliphatic rings. The fourth-order valence-electron chi connectivity index (χ4n) is 5.28. The Morgan fingerprint density at radius 3 is 2.85 bits per heavy atom. The first-order chi connectivity index (χ1) is 19.0. The summed E-state index contributed by atoms with van der Waals surface area (Å²) in [4.78, 5) is 28.2. The third kappa shape index (κ3) is 4.42. The van der Waals surface area contributed by atoms with Crippen molar-refractivity contribution in [2.75, 3.05) is 38.7 Å². The highest BCUT2D eigenvalue weighted by atomic mass is 32.2. The van der Waals surface area contributed by atoms with Crippen molar-refractivity contribution in [1.82, 2.24) is 9.58 Å². The second-order valence-electron chi connectivity index (χ2n) is 9.03. The SMILES string of the molecule is COC(=O)OCOc1c2n(ccc1=S)N([C@@H]1c3ccccc3SCc3c(F)cccc31)[C@@H]1COCCN1C2=O. The number of aromatic nitrogens is 1. The Morgan fingerprint density at radius 2 is 2.00 bits per heavy atom. The first-order valence-electron chi connectivity index (χ1n) is 12.2. The Kier molecular flexibility index (Phi) is 6.92. The van der Waals surface area contributed by atoms with E-state index in [-0.39, 0.29) is 34.3 Å². The van der Waals surface area contributed by atoms with Crippen LogP contribution < -0.4 is 9.75 Å². The number of thioether (sulfide) groups is 1. The number of hydrogen-bond acceptors (Lipinski definition) is 9. The molecule has 0 N–H and O–H groups in total. The highest BCUT2D eigenvalue weighted by Crippen LogP contribution is 2.45. The number of ether oxygens (including phenoxy) is 4. The Morgan fingerprint density at radius 1 is 1.18 bits per heavy atom. The van der Waals surface area contributed by atoms with Crippen molar-refractivity contribution in [2.45, 2.75) is 22.9 Å². The maximum absolute atomic E-state index is 15.2. The van der Waals surface area contributed by atoms with Crippen LogP contribution in [0.25, 0.3) is 0 Å². The summed E-state index contributed by atoms with van der Waals surface area (Å²) in [5, 5.41) is 2.03. The number of carbonyl (C=O) groups is 2. The van der Waals surface area contributed by atoms with Crippen molar-refractivity contribution in [1.29, 1.82) is 0 Å². The Hall–Kier alpha value is -3.61. The smallest absolute Gasteiger partial charge is 0.453 e. The zero-order chi connectivity index (χ0) is 27.1. The van der Waals surface area contributed by atoms with E-state index in [0.29, 0.717) is 24.5 Å². The molecule has 2 aromatic carbocycles. The Labute approximate surface area is 233 Å². The fraction of sp³-hybridized carbons (Fsp3) is 0.296. The third-order valence-electron chi connectivity index (χ3n) is 7.00. The molecule has 0 radical (unpaired) electrons. The minimum atomic E-state index is -0.925. The zero-order valence-electron chi connectivity index (χ0n) is 20.9. The number of carbonyl (C=O) groups excluding carboxylic acids is 2. The van der Waals surface area contributed by atoms with Crippen molar-refractivity contribution in [3.63, 3.8) is 0 Å². The van der Waals surface area contributed by atoms with Crippen LogP contribution >= 0.6 is 24.0 Å². The first-order valence-corrected chi connectivity index (χ1v) is 13.6. The molecule has 202 valence electrons. The molecule has 0 saturated carbocycles. The van der Waals surface area contributed by atoms with Crippen LogP contribution in [-0.4, -0.2) is 61.5 Å². The molecule has 1 aromatic heterocycles. The quantitative estimate of drug-likeness (QED) is 0.254. The molecule has 2 atom stereocenters. The molecule has 4 heterocycles. The average Bonchev–Trinajstić information content (AvgIpc) is 3.12. The van der Waals surface area contributed by atoms with E-state index in [1.54, 1.807) is 39.7 Å². The summed E-state index contributed by atoms with van der Waals surface area (Å²) in [5.74, 6) is -0.00502. The van der Waals surface area contributed by atoms with Gasteiger partial charge in [-0.2, -0.15) is 0 Å². The normalized spacial score (nSPS) is 19.7. The van der Waals surface area contributed by atoms with Gasteiger partial charge in [-0.15, -0.1) is 11.8 Å². The molecule has 3 aromatic rings. The van der Waals surface area contributed by atoms with Gasteiger partial charge in [0.15, 0.2) is 11.4 Å². The van der Waals surface area contributed by atoms with E-state index < -0.39 is 25.2 Å². The molecule has 6 rings (SSSR count). The maximum atomic E-state index is 15.2. The predicted molar refractivity (Wildman–Crippen MR) is 142 cm³/mol. The molecule has 0 aliphatic carbocycles. The number of methoxy groups -OCH3 is 1. The van der Waals surface area contributed by atoms with E-state index >= 15 is 4.39 Å². The lowest BCUT2D eigenvalue weighted by Gasteiger charge is -2.51. The van der Waals surface area contributed by atoms with Crippen LogP contribution in [0.1, 0.15) is 33.2 Å². The number of hydrogen-bond donors (Lipinski definition) is 0. The summed E-state index contributed by atoms with van der Waals surface area (Å²) < 4.78 is 38.3. The van der Waals surface area contributed by atoms with E-state index in [4.69, 9.17) is 26.4 Å².